The number of pyridine rings is 1. The molecule has 4 nitrogen and oxygen atoms in total. The smallest absolute Gasteiger partial charge is 0.229 e. The number of oxazole rings is 1. The van der Waals surface area contributed by atoms with Crippen molar-refractivity contribution in [3.63, 3.8) is 0 Å². The predicted octanol–water partition coefficient (Wildman–Crippen LogP) is 2.78. The quantitative estimate of drug-likeness (QED) is 0.691. The van der Waals surface area contributed by atoms with Gasteiger partial charge in [-0.25, -0.2) is 4.98 Å². The summed E-state index contributed by atoms with van der Waals surface area (Å²) in [5, 5.41) is 0. The third-order valence-corrected chi connectivity index (χ3v) is 2.63. The Morgan fingerprint density at radius 2 is 2.12 bits per heavy atom. The number of anilines is 1. The first kappa shape index (κ1) is 9.84. The molecular weight excluding hydrogens is 214 g/mol. The van der Waals surface area contributed by atoms with E-state index in [0.29, 0.717) is 11.6 Å². The lowest BCUT2D eigenvalue weighted by Crippen LogP contribution is -1.90. The van der Waals surface area contributed by atoms with E-state index in [1.807, 2.05) is 25.1 Å². The number of nitrogens with two attached hydrogens (primary N) is 1. The van der Waals surface area contributed by atoms with Gasteiger partial charge in [-0.05, 0) is 30.7 Å². The molecule has 0 aliphatic rings. The number of aryl methyl sites for hydroxylation is 1. The van der Waals surface area contributed by atoms with E-state index in [-0.39, 0.29) is 0 Å². The van der Waals surface area contributed by atoms with E-state index in [0.717, 1.165) is 22.2 Å². The number of fused-ring (bicyclic) bond motifs is 1. The van der Waals surface area contributed by atoms with Gasteiger partial charge in [-0.2, -0.15) is 0 Å². The van der Waals surface area contributed by atoms with E-state index in [1.54, 1.807) is 18.5 Å². The minimum atomic E-state index is 0.533. The van der Waals surface area contributed by atoms with Crippen LogP contribution in [-0.4, -0.2) is 9.97 Å². The highest BCUT2D eigenvalue weighted by atomic mass is 16.3. The van der Waals surface area contributed by atoms with Crippen molar-refractivity contribution in [3.05, 3.63) is 42.2 Å². The minimum Gasteiger partial charge on any atom is -0.436 e. The summed E-state index contributed by atoms with van der Waals surface area (Å²) in [5.74, 6) is 0.533. The maximum absolute atomic E-state index is 5.84. The number of rotatable bonds is 1. The van der Waals surface area contributed by atoms with Gasteiger partial charge in [-0.1, -0.05) is 6.07 Å². The zero-order valence-electron chi connectivity index (χ0n) is 9.34. The van der Waals surface area contributed by atoms with Gasteiger partial charge in [0.2, 0.25) is 5.89 Å². The first-order valence-corrected chi connectivity index (χ1v) is 5.31. The first-order valence-electron chi connectivity index (χ1n) is 5.31. The molecule has 3 aromatic rings. The molecule has 0 amide bonds. The zero-order valence-corrected chi connectivity index (χ0v) is 9.34. The fourth-order valence-electron chi connectivity index (χ4n) is 1.75. The molecule has 0 saturated carbocycles. The van der Waals surface area contributed by atoms with E-state index < -0.39 is 0 Å². The van der Waals surface area contributed by atoms with Crippen LogP contribution in [0, 0.1) is 6.92 Å². The van der Waals surface area contributed by atoms with Crippen molar-refractivity contribution in [2.75, 3.05) is 5.73 Å². The maximum atomic E-state index is 5.84. The fourth-order valence-corrected chi connectivity index (χ4v) is 1.75. The molecule has 0 aliphatic heterocycles. The van der Waals surface area contributed by atoms with Gasteiger partial charge in [0.25, 0.3) is 0 Å². The second-order valence-corrected chi connectivity index (χ2v) is 3.95. The van der Waals surface area contributed by atoms with Gasteiger partial charge < -0.3 is 10.2 Å². The molecule has 0 aliphatic carbocycles. The summed E-state index contributed by atoms with van der Waals surface area (Å²) >= 11 is 0. The fraction of sp³-hybridized carbons (Fsp3) is 0.0769. The van der Waals surface area contributed by atoms with Crippen LogP contribution in [0.2, 0.25) is 0 Å². The summed E-state index contributed by atoms with van der Waals surface area (Å²) in [6.07, 6.45) is 3.27. The van der Waals surface area contributed by atoms with E-state index in [2.05, 4.69) is 9.97 Å². The lowest BCUT2D eigenvalue weighted by Gasteiger charge is -1.97. The molecule has 17 heavy (non-hydrogen) atoms. The summed E-state index contributed by atoms with van der Waals surface area (Å²) in [6, 6.07) is 7.69. The molecule has 0 saturated heterocycles. The molecule has 84 valence electrons. The number of hydrogen-bond acceptors (Lipinski definition) is 4. The molecule has 0 unspecified atom stereocenters. The molecule has 3 rings (SSSR count). The van der Waals surface area contributed by atoms with Crippen LogP contribution in [0.15, 0.2) is 41.1 Å². The Kier molecular flexibility index (Phi) is 2.08. The highest BCUT2D eigenvalue weighted by molar-refractivity contribution is 5.79. The van der Waals surface area contributed by atoms with E-state index in [9.17, 15) is 0 Å². The van der Waals surface area contributed by atoms with Crippen LogP contribution in [0.25, 0.3) is 22.6 Å². The highest BCUT2D eigenvalue weighted by Crippen LogP contribution is 2.27. The topological polar surface area (TPSA) is 64.9 Å². The largest absolute Gasteiger partial charge is 0.436 e. The molecule has 0 bridgehead atoms. The van der Waals surface area contributed by atoms with Gasteiger partial charge in [-0.15, -0.1) is 0 Å². The van der Waals surface area contributed by atoms with Gasteiger partial charge in [-0.3, -0.25) is 4.98 Å². The van der Waals surface area contributed by atoms with E-state index in [1.165, 1.54) is 0 Å². The van der Waals surface area contributed by atoms with Crippen LogP contribution in [0.1, 0.15) is 5.56 Å². The Labute approximate surface area is 98.1 Å². The molecule has 2 N–H and O–H groups in total. The first-order chi connectivity index (χ1) is 8.24. The van der Waals surface area contributed by atoms with Gasteiger partial charge in [0.15, 0.2) is 5.58 Å². The summed E-state index contributed by atoms with van der Waals surface area (Å²) in [5.41, 5.74) is 9.94. The lowest BCUT2D eigenvalue weighted by atomic mass is 10.2. The highest BCUT2D eigenvalue weighted by Gasteiger charge is 2.10. The van der Waals surface area contributed by atoms with Crippen LogP contribution >= 0.6 is 0 Å². The van der Waals surface area contributed by atoms with Crippen molar-refractivity contribution >= 4 is 16.8 Å². The van der Waals surface area contributed by atoms with Crippen LogP contribution < -0.4 is 5.73 Å². The van der Waals surface area contributed by atoms with Crippen molar-refractivity contribution < 1.29 is 4.42 Å². The molecule has 4 heteroatoms. The molecular formula is C13H11N3O. The third kappa shape index (κ3) is 1.63. The standard InChI is InChI=1S/C13H11N3O/c1-8-2-3-12-11(6-8)16-13(17-12)9-4-5-15-7-10(9)14/h2-7H,14H2,1H3. The number of aromatic nitrogens is 2. The number of nitrogens with zero attached hydrogens (tertiary/aromatic N) is 2. The summed E-state index contributed by atoms with van der Waals surface area (Å²) in [7, 11) is 0. The van der Waals surface area contributed by atoms with Crippen molar-refractivity contribution in [2.24, 2.45) is 0 Å². The van der Waals surface area contributed by atoms with Crippen molar-refractivity contribution in [1.29, 1.82) is 0 Å². The van der Waals surface area contributed by atoms with Gasteiger partial charge in [0.05, 0.1) is 17.4 Å². The van der Waals surface area contributed by atoms with Crippen LogP contribution in [0.4, 0.5) is 5.69 Å². The monoisotopic (exact) mass is 225 g/mol. The SMILES string of the molecule is Cc1ccc2oc(-c3ccncc3N)nc2c1. The Morgan fingerprint density at radius 1 is 1.24 bits per heavy atom. The summed E-state index contributed by atoms with van der Waals surface area (Å²) < 4.78 is 5.67. The average molecular weight is 225 g/mol. The number of benzene rings is 1. The minimum absolute atomic E-state index is 0.533. The van der Waals surface area contributed by atoms with Crippen LogP contribution in [0.5, 0.6) is 0 Å². The molecule has 2 aromatic heterocycles. The normalized spacial score (nSPS) is 10.9. The van der Waals surface area contributed by atoms with Crippen molar-refractivity contribution in [3.8, 4) is 11.5 Å². The number of nitrogen functional groups attached to an aromatic ring is 1. The molecule has 1 aromatic carbocycles. The molecule has 2 heterocycles. The van der Waals surface area contributed by atoms with Crippen molar-refractivity contribution in [2.45, 2.75) is 6.92 Å². The summed E-state index contributed by atoms with van der Waals surface area (Å²) in [4.78, 5) is 8.37. The van der Waals surface area contributed by atoms with Gasteiger partial charge >= 0.3 is 0 Å². The molecule has 0 radical (unpaired) electrons. The Hall–Kier alpha value is -2.36. The lowest BCUT2D eigenvalue weighted by molar-refractivity contribution is 0.620. The second-order valence-electron chi connectivity index (χ2n) is 3.95. The van der Waals surface area contributed by atoms with E-state index in [4.69, 9.17) is 10.2 Å². The third-order valence-electron chi connectivity index (χ3n) is 2.63. The predicted molar refractivity (Wildman–Crippen MR) is 66.4 cm³/mol. The molecule has 0 fully saturated rings. The zero-order chi connectivity index (χ0) is 11.8. The average Bonchev–Trinajstić information content (AvgIpc) is 2.72. The van der Waals surface area contributed by atoms with Crippen molar-refractivity contribution in [1.82, 2.24) is 9.97 Å². The van der Waals surface area contributed by atoms with Gasteiger partial charge in [0.1, 0.15) is 5.52 Å². The summed E-state index contributed by atoms with van der Waals surface area (Å²) in [6.45, 7) is 2.02. The molecule has 0 atom stereocenters. The number of hydrogen-bond donors (Lipinski definition) is 1. The second kappa shape index (κ2) is 3.59. The van der Waals surface area contributed by atoms with Gasteiger partial charge in [0, 0.05) is 6.20 Å². The Morgan fingerprint density at radius 3 is 2.94 bits per heavy atom. The van der Waals surface area contributed by atoms with Crippen LogP contribution in [0.3, 0.4) is 0 Å². The van der Waals surface area contributed by atoms with Crippen LogP contribution in [-0.2, 0) is 0 Å². The Balaban J connectivity index is 2.22. The Bertz CT molecular complexity index is 688. The van der Waals surface area contributed by atoms with E-state index >= 15 is 0 Å². The molecule has 0 spiro atoms. The maximum Gasteiger partial charge on any atom is 0.229 e.